The molecule has 0 saturated heterocycles. The van der Waals surface area contributed by atoms with Gasteiger partial charge in [-0.3, -0.25) is 4.79 Å². The molecule has 2 aromatic rings. The Kier molecular flexibility index (Phi) is 4.91. The van der Waals surface area contributed by atoms with Gasteiger partial charge in [0.1, 0.15) is 5.54 Å². The minimum Gasteiger partial charge on any atom is -0.368 e. The quantitative estimate of drug-likeness (QED) is 0.827. The molecule has 0 aliphatic rings. The molecule has 0 fully saturated rings. The van der Waals surface area contributed by atoms with Gasteiger partial charge in [0.25, 0.3) is 0 Å². The highest BCUT2D eigenvalue weighted by Gasteiger charge is 2.36. The van der Waals surface area contributed by atoms with Crippen LogP contribution in [0.3, 0.4) is 0 Å². The summed E-state index contributed by atoms with van der Waals surface area (Å²) in [4.78, 5) is 12.1. The van der Waals surface area contributed by atoms with Crippen LogP contribution in [0.4, 0.5) is 5.69 Å². The first-order chi connectivity index (χ1) is 9.98. The second kappa shape index (κ2) is 6.50. The molecule has 0 saturated carbocycles. The fourth-order valence-corrected chi connectivity index (χ4v) is 2.74. The third-order valence-electron chi connectivity index (χ3n) is 3.47. The summed E-state index contributed by atoms with van der Waals surface area (Å²) in [6.07, 6.45) is 0.524. The predicted octanol–water partition coefficient (Wildman–Crippen LogP) is 4.31. The minimum absolute atomic E-state index is 0.424. The van der Waals surface area contributed by atoms with E-state index in [0.717, 1.165) is 15.7 Å². The van der Waals surface area contributed by atoms with Crippen LogP contribution in [0, 0.1) is 0 Å². The van der Waals surface area contributed by atoms with Gasteiger partial charge in [0, 0.05) is 15.2 Å². The molecule has 1 unspecified atom stereocenters. The number of carbonyl (C=O) groups is 1. The number of carbonyl (C=O) groups excluding carboxylic acids is 1. The van der Waals surface area contributed by atoms with Crippen molar-refractivity contribution in [2.24, 2.45) is 5.73 Å². The van der Waals surface area contributed by atoms with Crippen molar-refractivity contribution in [2.45, 2.75) is 18.9 Å². The molecule has 0 aliphatic carbocycles. The van der Waals surface area contributed by atoms with Crippen molar-refractivity contribution in [3.05, 3.63) is 63.6 Å². The molecule has 0 heterocycles. The number of amides is 1. The third-order valence-corrected chi connectivity index (χ3v) is 4.23. The van der Waals surface area contributed by atoms with Gasteiger partial charge in [-0.25, -0.2) is 0 Å². The van der Waals surface area contributed by atoms with E-state index in [4.69, 9.17) is 17.3 Å². The standard InChI is InChI=1S/C16H16BrClN2O/c1-2-16(15(19)21,11-6-8-12(17)9-7-11)20-14-5-3-4-13(18)10-14/h3-10,20H,2H2,1H3,(H2,19,21). The highest BCUT2D eigenvalue weighted by Crippen LogP contribution is 2.31. The third kappa shape index (κ3) is 3.39. The Morgan fingerprint density at radius 3 is 2.48 bits per heavy atom. The van der Waals surface area contributed by atoms with Gasteiger partial charge in [0.15, 0.2) is 0 Å². The van der Waals surface area contributed by atoms with E-state index in [-0.39, 0.29) is 0 Å². The molecule has 21 heavy (non-hydrogen) atoms. The maximum absolute atomic E-state index is 12.1. The molecule has 0 spiro atoms. The number of nitrogens with one attached hydrogen (secondary N) is 1. The second-order valence-corrected chi connectivity index (χ2v) is 6.12. The van der Waals surface area contributed by atoms with Gasteiger partial charge in [-0.15, -0.1) is 0 Å². The monoisotopic (exact) mass is 366 g/mol. The maximum atomic E-state index is 12.1. The maximum Gasteiger partial charge on any atom is 0.247 e. The Morgan fingerprint density at radius 1 is 1.29 bits per heavy atom. The lowest BCUT2D eigenvalue weighted by Gasteiger charge is -2.32. The zero-order valence-electron chi connectivity index (χ0n) is 11.6. The van der Waals surface area contributed by atoms with Crippen LogP contribution in [0.15, 0.2) is 53.0 Å². The zero-order valence-corrected chi connectivity index (χ0v) is 13.9. The van der Waals surface area contributed by atoms with Crippen molar-refractivity contribution < 1.29 is 4.79 Å². The highest BCUT2D eigenvalue weighted by atomic mass is 79.9. The molecule has 1 amide bonds. The molecule has 2 aromatic carbocycles. The van der Waals surface area contributed by atoms with Crippen LogP contribution in [0.2, 0.25) is 5.02 Å². The molecule has 1 atom stereocenters. The Hall–Kier alpha value is -1.52. The van der Waals surface area contributed by atoms with Crippen LogP contribution in [-0.4, -0.2) is 5.91 Å². The van der Waals surface area contributed by atoms with Gasteiger partial charge in [-0.1, -0.05) is 52.7 Å². The van der Waals surface area contributed by atoms with Crippen LogP contribution in [-0.2, 0) is 10.3 Å². The van der Waals surface area contributed by atoms with Crippen LogP contribution < -0.4 is 11.1 Å². The smallest absolute Gasteiger partial charge is 0.247 e. The van der Waals surface area contributed by atoms with Crippen molar-refractivity contribution >= 4 is 39.1 Å². The van der Waals surface area contributed by atoms with Gasteiger partial charge in [-0.05, 0) is 42.3 Å². The zero-order chi connectivity index (χ0) is 15.5. The molecule has 0 radical (unpaired) electrons. The fourth-order valence-electron chi connectivity index (χ4n) is 2.29. The number of hydrogen-bond donors (Lipinski definition) is 2. The Balaban J connectivity index is 2.46. The summed E-state index contributed by atoms with van der Waals surface area (Å²) in [5.74, 6) is -0.424. The van der Waals surface area contributed by atoms with E-state index in [1.807, 2.05) is 43.3 Å². The lowest BCUT2D eigenvalue weighted by molar-refractivity contribution is -0.122. The summed E-state index contributed by atoms with van der Waals surface area (Å²) in [7, 11) is 0. The molecule has 110 valence electrons. The SMILES string of the molecule is CCC(Nc1cccc(Cl)c1)(C(N)=O)c1ccc(Br)cc1. The Morgan fingerprint density at radius 2 is 1.95 bits per heavy atom. The number of primary amides is 1. The molecule has 0 bridgehead atoms. The van der Waals surface area contributed by atoms with Gasteiger partial charge < -0.3 is 11.1 Å². The minimum atomic E-state index is -0.967. The van der Waals surface area contributed by atoms with E-state index >= 15 is 0 Å². The van der Waals surface area contributed by atoms with Crippen molar-refractivity contribution in [1.29, 1.82) is 0 Å². The molecule has 0 aromatic heterocycles. The van der Waals surface area contributed by atoms with Crippen LogP contribution >= 0.6 is 27.5 Å². The summed E-state index contributed by atoms with van der Waals surface area (Å²) in [6, 6.07) is 14.8. The highest BCUT2D eigenvalue weighted by molar-refractivity contribution is 9.10. The van der Waals surface area contributed by atoms with Gasteiger partial charge in [0.05, 0.1) is 0 Å². The number of rotatable bonds is 5. The van der Waals surface area contributed by atoms with Gasteiger partial charge >= 0.3 is 0 Å². The second-order valence-electron chi connectivity index (χ2n) is 4.77. The summed E-state index contributed by atoms with van der Waals surface area (Å²) >= 11 is 9.39. The first-order valence-corrected chi connectivity index (χ1v) is 7.75. The largest absolute Gasteiger partial charge is 0.368 e. The summed E-state index contributed by atoms with van der Waals surface area (Å²) in [6.45, 7) is 1.92. The summed E-state index contributed by atoms with van der Waals surface area (Å²) in [5.41, 5.74) is 6.30. The topological polar surface area (TPSA) is 55.1 Å². The van der Waals surface area contributed by atoms with E-state index < -0.39 is 11.4 Å². The van der Waals surface area contributed by atoms with Gasteiger partial charge in [-0.2, -0.15) is 0 Å². The molecule has 5 heteroatoms. The van der Waals surface area contributed by atoms with Crippen molar-refractivity contribution in [1.82, 2.24) is 0 Å². The normalized spacial score (nSPS) is 13.5. The molecule has 2 rings (SSSR count). The molecule has 3 N–H and O–H groups in total. The van der Waals surface area contributed by atoms with E-state index in [0.29, 0.717) is 11.4 Å². The number of benzene rings is 2. The van der Waals surface area contributed by atoms with Crippen molar-refractivity contribution in [3.63, 3.8) is 0 Å². The first kappa shape index (κ1) is 15.9. The van der Waals surface area contributed by atoms with Gasteiger partial charge in [0.2, 0.25) is 5.91 Å². The lowest BCUT2D eigenvalue weighted by Crippen LogP contribution is -2.47. The summed E-state index contributed by atoms with van der Waals surface area (Å²) < 4.78 is 0.948. The number of halogens is 2. The molecule has 3 nitrogen and oxygen atoms in total. The van der Waals surface area contributed by atoms with E-state index in [2.05, 4.69) is 21.2 Å². The molecular formula is C16H16BrClN2O. The first-order valence-electron chi connectivity index (χ1n) is 6.57. The van der Waals surface area contributed by atoms with Crippen LogP contribution in [0.1, 0.15) is 18.9 Å². The Labute approximate surface area is 137 Å². The van der Waals surface area contributed by atoms with E-state index in [1.54, 1.807) is 12.1 Å². The molecule has 0 aliphatic heterocycles. The Bertz CT molecular complexity index is 645. The molecular weight excluding hydrogens is 352 g/mol. The number of nitrogens with two attached hydrogens (primary N) is 1. The van der Waals surface area contributed by atoms with Crippen molar-refractivity contribution in [2.75, 3.05) is 5.32 Å². The van der Waals surface area contributed by atoms with Crippen LogP contribution in [0.5, 0.6) is 0 Å². The van der Waals surface area contributed by atoms with Crippen LogP contribution in [0.25, 0.3) is 0 Å². The van der Waals surface area contributed by atoms with Crippen molar-refractivity contribution in [3.8, 4) is 0 Å². The van der Waals surface area contributed by atoms with E-state index in [1.165, 1.54) is 0 Å². The summed E-state index contributed by atoms with van der Waals surface area (Å²) in [5, 5.41) is 3.85. The lowest BCUT2D eigenvalue weighted by atomic mass is 9.86. The van der Waals surface area contributed by atoms with E-state index in [9.17, 15) is 4.79 Å². The average molecular weight is 368 g/mol. The number of anilines is 1. The average Bonchev–Trinajstić information content (AvgIpc) is 2.45. The predicted molar refractivity (Wildman–Crippen MR) is 90.4 cm³/mol. The number of hydrogen-bond acceptors (Lipinski definition) is 2. The fraction of sp³-hybridized carbons (Fsp3) is 0.188.